The Morgan fingerprint density at radius 2 is 1.84 bits per heavy atom. The van der Waals surface area contributed by atoms with Gasteiger partial charge in [0.25, 0.3) is 0 Å². The van der Waals surface area contributed by atoms with Crippen molar-refractivity contribution in [1.82, 2.24) is 9.47 Å². The van der Waals surface area contributed by atoms with Crippen LogP contribution in [0.2, 0.25) is 0 Å². The number of anilines is 1. The van der Waals surface area contributed by atoms with Gasteiger partial charge in [-0.1, -0.05) is 42.1 Å². The predicted molar refractivity (Wildman–Crippen MR) is 123 cm³/mol. The number of piperazine rings is 1. The summed E-state index contributed by atoms with van der Waals surface area (Å²) in [6.45, 7) is 2.77. The molecule has 9 heteroatoms. The zero-order valence-corrected chi connectivity index (χ0v) is 18.5. The average molecular weight is 456 g/mol. The van der Waals surface area contributed by atoms with E-state index in [0.29, 0.717) is 40.8 Å². The number of rotatable bonds is 4. The minimum Gasteiger partial charge on any atom is -0.492 e. The average Bonchev–Trinajstić information content (AvgIpc) is 2.76. The molecule has 3 aromatic rings. The quantitative estimate of drug-likeness (QED) is 0.647. The molecule has 0 radical (unpaired) electrons. The maximum absolute atomic E-state index is 16.3. The molecule has 1 saturated heterocycles. The van der Waals surface area contributed by atoms with Crippen molar-refractivity contribution in [2.45, 2.75) is 10.9 Å². The smallest absolute Gasteiger partial charge is 0.342 e. The summed E-state index contributed by atoms with van der Waals surface area (Å²) in [4.78, 5) is 29.5. The SMILES string of the molecule is COc1c(N2CCN(C)CC2)c(F)c(-c2ccccc2)c2c(=O)c(C(=O)O)c3n(c12)CS3. The minimum atomic E-state index is -1.31. The van der Waals surface area contributed by atoms with Gasteiger partial charge in [-0.3, -0.25) is 4.79 Å². The number of carboxylic acid groups (broad SMARTS) is 1. The third-order valence-corrected chi connectivity index (χ3v) is 7.24. The summed E-state index contributed by atoms with van der Waals surface area (Å²) in [5.74, 6) is -1.14. The van der Waals surface area contributed by atoms with Crippen molar-refractivity contribution in [3.8, 4) is 16.9 Å². The number of aromatic carboxylic acids is 1. The number of halogens is 1. The van der Waals surface area contributed by atoms with Gasteiger partial charge in [0.1, 0.15) is 11.3 Å². The van der Waals surface area contributed by atoms with E-state index in [4.69, 9.17) is 4.74 Å². The van der Waals surface area contributed by atoms with Crippen LogP contribution in [0.4, 0.5) is 10.1 Å². The standard InChI is InChI=1S/C23H22FN3O4S/c1-25-8-10-26(11-9-25)19-17(24)14(13-6-4-3-5-7-13)15-18(21(19)31-2)27-12-32-22(27)16(20(15)28)23(29)30/h3-7H,8-12H2,1-2H3,(H,29,30). The predicted octanol–water partition coefficient (Wildman–Crippen LogP) is 3.33. The van der Waals surface area contributed by atoms with Gasteiger partial charge in [-0.25, -0.2) is 9.18 Å². The molecule has 0 bridgehead atoms. The van der Waals surface area contributed by atoms with Gasteiger partial charge < -0.3 is 24.2 Å². The zero-order valence-electron chi connectivity index (χ0n) is 17.7. The van der Waals surface area contributed by atoms with Crippen LogP contribution < -0.4 is 15.1 Å². The van der Waals surface area contributed by atoms with Crippen molar-refractivity contribution >= 4 is 34.3 Å². The van der Waals surface area contributed by atoms with Gasteiger partial charge >= 0.3 is 5.97 Å². The Morgan fingerprint density at radius 1 is 1.16 bits per heavy atom. The summed E-state index contributed by atoms with van der Waals surface area (Å²) < 4.78 is 23.8. The number of thioether (sulfide) groups is 1. The van der Waals surface area contributed by atoms with Crippen LogP contribution in [0.15, 0.2) is 40.2 Å². The molecular formula is C23H22FN3O4S. The number of hydrogen-bond donors (Lipinski definition) is 1. The molecule has 5 rings (SSSR count). The largest absolute Gasteiger partial charge is 0.492 e. The number of pyridine rings is 1. The maximum atomic E-state index is 16.3. The topological polar surface area (TPSA) is 75.0 Å². The van der Waals surface area contributed by atoms with E-state index in [0.717, 1.165) is 13.1 Å². The third kappa shape index (κ3) is 2.99. The normalized spacial score (nSPS) is 16.0. The molecule has 1 fully saturated rings. The number of hydrogen-bond acceptors (Lipinski definition) is 6. The molecule has 0 spiro atoms. The van der Waals surface area contributed by atoms with Crippen LogP contribution in [0.1, 0.15) is 10.4 Å². The molecule has 0 aliphatic carbocycles. The molecule has 3 heterocycles. The van der Waals surface area contributed by atoms with Crippen molar-refractivity contribution in [3.05, 3.63) is 51.9 Å². The van der Waals surface area contributed by atoms with Gasteiger partial charge in [-0.05, 0) is 12.6 Å². The van der Waals surface area contributed by atoms with Crippen LogP contribution in [-0.4, -0.2) is 60.9 Å². The number of benzene rings is 2. The summed E-state index contributed by atoms with van der Waals surface area (Å²) in [5.41, 5.74) is 0.405. The number of ether oxygens (including phenoxy) is 1. The van der Waals surface area contributed by atoms with Gasteiger partial charge in [0.2, 0.25) is 5.43 Å². The Labute approximate surface area is 188 Å². The third-order valence-electron chi connectivity index (χ3n) is 6.16. The second kappa shape index (κ2) is 7.83. The van der Waals surface area contributed by atoms with E-state index in [2.05, 4.69) is 4.90 Å². The van der Waals surface area contributed by atoms with Gasteiger partial charge in [0, 0.05) is 31.7 Å². The Morgan fingerprint density at radius 3 is 2.41 bits per heavy atom. The van der Waals surface area contributed by atoms with E-state index < -0.39 is 17.2 Å². The highest BCUT2D eigenvalue weighted by Crippen LogP contribution is 2.48. The highest BCUT2D eigenvalue weighted by atomic mass is 32.2. The fraction of sp³-hybridized carbons (Fsp3) is 0.304. The van der Waals surface area contributed by atoms with Crippen LogP contribution in [0, 0.1) is 5.82 Å². The van der Waals surface area contributed by atoms with E-state index in [9.17, 15) is 14.7 Å². The molecule has 2 aromatic carbocycles. The van der Waals surface area contributed by atoms with Gasteiger partial charge in [-0.2, -0.15) is 0 Å². The first-order chi connectivity index (χ1) is 15.4. The van der Waals surface area contributed by atoms with Crippen molar-refractivity contribution in [2.24, 2.45) is 0 Å². The van der Waals surface area contributed by atoms with Crippen molar-refractivity contribution in [1.29, 1.82) is 0 Å². The Hall–Kier alpha value is -3.04. The summed E-state index contributed by atoms with van der Waals surface area (Å²) in [5, 5.41) is 10.2. The van der Waals surface area contributed by atoms with Gasteiger partial charge in [0.15, 0.2) is 11.6 Å². The van der Waals surface area contributed by atoms with Crippen molar-refractivity contribution in [3.63, 3.8) is 0 Å². The molecule has 0 saturated carbocycles. The van der Waals surface area contributed by atoms with E-state index in [-0.39, 0.29) is 22.3 Å². The highest BCUT2D eigenvalue weighted by Gasteiger charge is 2.35. The fourth-order valence-electron chi connectivity index (χ4n) is 4.51. The molecule has 2 aliphatic rings. The van der Waals surface area contributed by atoms with Crippen LogP contribution in [0.3, 0.4) is 0 Å². The molecule has 2 aliphatic heterocycles. The van der Waals surface area contributed by atoms with Crippen LogP contribution >= 0.6 is 11.8 Å². The Balaban J connectivity index is 1.95. The zero-order chi connectivity index (χ0) is 22.6. The summed E-state index contributed by atoms with van der Waals surface area (Å²) >= 11 is 1.29. The lowest BCUT2D eigenvalue weighted by Gasteiger charge is -2.36. The van der Waals surface area contributed by atoms with E-state index in [1.54, 1.807) is 28.8 Å². The number of fused-ring (bicyclic) bond motifs is 3. The lowest BCUT2D eigenvalue weighted by atomic mass is 9.95. The monoisotopic (exact) mass is 455 g/mol. The maximum Gasteiger partial charge on any atom is 0.342 e. The molecule has 166 valence electrons. The number of carboxylic acids is 1. The Bertz CT molecular complexity index is 1300. The van der Waals surface area contributed by atoms with E-state index >= 15 is 4.39 Å². The Kier molecular flexibility index (Phi) is 5.10. The van der Waals surface area contributed by atoms with Gasteiger partial charge in [-0.15, -0.1) is 0 Å². The first-order valence-corrected chi connectivity index (χ1v) is 11.3. The molecule has 0 amide bonds. The van der Waals surface area contributed by atoms with Gasteiger partial charge in [0.05, 0.1) is 28.9 Å². The summed E-state index contributed by atoms with van der Waals surface area (Å²) in [6.07, 6.45) is 0. The molecular weight excluding hydrogens is 433 g/mol. The first kappa shape index (κ1) is 20.8. The second-order valence-corrected chi connectivity index (χ2v) is 8.90. The summed E-state index contributed by atoms with van der Waals surface area (Å²) in [6, 6.07) is 8.82. The molecule has 0 atom stereocenters. The van der Waals surface area contributed by atoms with Crippen molar-refractivity contribution < 1.29 is 19.0 Å². The summed E-state index contributed by atoms with van der Waals surface area (Å²) in [7, 11) is 3.48. The van der Waals surface area contributed by atoms with Crippen molar-refractivity contribution in [2.75, 3.05) is 45.2 Å². The van der Waals surface area contributed by atoms with E-state index in [1.807, 2.05) is 18.0 Å². The van der Waals surface area contributed by atoms with Crippen LogP contribution in [0.5, 0.6) is 5.75 Å². The molecule has 32 heavy (non-hydrogen) atoms. The van der Waals surface area contributed by atoms with E-state index in [1.165, 1.54) is 18.9 Å². The molecule has 0 unspecified atom stereocenters. The number of methoxy groups -OCH3 is 1. The number of aromatic nitrogens is 1. The molecule has 1 N–H and O–H groups in total. The van der Waals surface area contributed by atoms with Crippen LogP contribution in [-0.2, 0) is 5.88 Å². The first-order valence-electron chi connectivity index (χ1n) is 10.3. The molecule has 7 nitrogen and oxygen atoms in total. The highest BCUT2D eigenvalue weighted by molar-refractivity contribution is 7.99. The van der Waals surface area contributed by atoms with Crippen LogP contribution in [0.25, 0.3) is 22.0 Å². The fourth-order valence-corrected chi connectivity index (χ4v) is 5.44. The second-order valence-electron chi connectivity index (χ2n) is 7.97. The number of nitrogens with zero attached hydrogens (tertiary/aromatic N) is 3. The minimum absolute atomic E-state index is 0.0462. The lowest BCUT2D eigenvalue weighted by Crippen LogP contribution is -2.45. The number of likely N-dealkylation sites (N-methyl/N-ethyl adjacent to an activating group) is 1. The molecule has 1 aromatic heterocycles. The lowest BCUT2D eigenvalue weighted by molar-refractivity contribution is 0.0689. The number of carbonyl (C=O) groups is 1.